The van der Waals surface area contributed by atoms with E-state index in [1.54, 1.807) is 0 Å². The van der Waals surface area contributed by atoms with Crippen molar-refractivity contribution in [3.8, 4) is 0 Å². The van der Waals surface area contributed by atoms with Crippen LogP contribution in [0.15, 0.2) is 30.3 Å². The van der Waals surface area contributed by atoms with Crippen LogP contribution in [0.2, 0.25) is 0 Å². The van der Waals surface area contributed by atoms with Crippen molar-refractivity contribution in [3.63, 3.8) is 0 Å². The highest BCUT2D eigenvalue weighted by atomic mass is 16.3. The summed E-state index contributed by atoms with van der Waals surface area (Å²) in [4.78, 5) is 2.24. The minimum atomic E-state index is -0.412. The highest BCUT2D eigenvalue weighted by Crippen LogP contribution is 2.20. The first-order valence-corrected chi connectivity index (χ1v) is 6.49. The molecule has 0 spiro atoms. The maximum Gasteiger partial charge on any atom is 0.0942 e. The molecule has 0 radical (unpaired) electrons. The Labute approximate surface area is 105 Å². The van der Waals surface area contributed by atoms with Crippen molar-refractivity contribution in [2.24, 2.45) is 5.92 Å². The first-order valence-electron chi connectivity index (χ1n) is 6.49. The van der Waals surface area contributed by atoms with Gasteiger partial charge in [0.1, 0.15) is 0 Å². The van der Waals surface area contributed by atoms with E-state index >= 15 is 0 Å². The van der Waals surface area contributed by atoms with Crippen LogP contribution < -0.4 is 0 Å². The number of benzene rings is 1. The van der Waals surface area contributed by atoms with Crippen molar-refractivity contribution >= 4 is 0 Å². The lowest BCUT2D eigenvalue weighted by Gasteiger charge is -2.31. The summed E-state index contributed by atoms with van der Waals surface area (Å²) in [7, 11) is 2.09. The van der Waals surface area contributed by atoms with Crippen LogP contribution in [-0.2, 0) is 0 Å². The van der Waals surface area contributed by atoms with Gasteiger partial charge in [-0.3, -0.25) is 0 Å². The van der Waals surface area contributed by atoms with Gasteiger partial charge in [-0.25, -0.2) is 0 Å². The number of nitrogens with zero attached hydrogens (tertiary/aromatic N) is 1. The minimum absolute atomic E-state index is 0.145. The molecule has 0 aliphatic heterocycles. The van der Waals surface area contributed by atoms with Crippen LogP contribution in [0, 0.1) is 5.92 Å². The molecule has 1 rings (SSSR count). The van der Waals surface area contributed by atoms with Gasteiger partial charge in [0.15, 0.2) is 0 Å². The summed E-state index contributed by atoms with van der Waals surface area (Å²) in [5.41, 5.74) is 0.996. The van der Waals surface area contributed by atoms with Gasteiger partial charge in [-0.2, -0.15) is 0 Å². The molecule has 96 valence electrons. The molecule has 17 heavy (non-hydrogen) atoms. The number of aliphatic hydroxyl groups is 1. The molecular weight excluding hydrogens is 210 g/mol. The Kier molecular flexibility index (Phi) is 5.66. The predicted molar refractivity (Wildman–Crippen MR) is 72.9 cm³/mol. The average Bonchev–Trinajstić information content (AvgIpc) is 2.37. The van der Waals surface area contributed by atoms with E-state index in [1.807, 2.05) is 30.3 Å². The van der Waals surface area contributed by atoms with Gasteiger partial charge >= 0.3 is 0 Å². The van der Waals surface area contributed by atoms with Crippen LogP contribution in [0.1, 0.15) is 38.9 Å². The third-order valence-electron chi connectivity index (χ3n) is 3.59. The second kappa shape index (κ2) is 6.77. The van der Waals surface area contributed by atoms with E-state index in [-0.39, 0.29) is 6.04 Å². The van der Waals surface area contributed by atoms with Crippen LogP contribution in [-0.4, -0.2) is 29.6 Å². The molecule has 0 aliphatic carbocycles. The zero-order valence-corrected chi connectivity index (χ0v) is 11.4. The molecule has 2 heteroatoms. The Morgan fingerprint density at radius 1 is 1.18 bits per heavy atom. The molecule has 0 saturated carbocycles. The quantitative estimate of drug-likeness (QED) is 0.819. The van der Waals surface area contributed by atoms with Gasteiger partial charge in [-0.1, -0.05) is 50.6 Å². The fraction of sp³-hybridized carbons (Fsp3) is 0.600. The summed E-state index contributed by atoms with van der Waals surface area (Å²) in [6, 6.07) is 10.0. The summed E-state index contributed by atoms with van der Waals surface area (Å²) in [5.74, 6) is 0.672. The van der Waals surface area contributed by atoms with Crippen molar-refractivity contribution in [2.75, 3.05) is 13.6 Å². The maximum atomic E-state index is 10.3. The van der Waals surface area contributed by atoms with E-state index in [0.29, 0.717) is 5.92 Å². The summed E-state index contributed by atoms with van der Waals surface area (Å²) in [6.45, 7) is 7.57. The molecule has 0 aromatic heterocycles. The van der Waals surface area contributed by atoms with Crippen molar-refractivity contribution in [3.05, 3.63) is 35.9 Å². The fourth-order valence-electron chi connectivity index (χ4n) is 1.96. The van der Waals surface area contributed by atoms with Crippen LogP contribution in [0.5, 0.6) is 0 Å². The van der Waals surface area contributed by atoms with Gasteiger partial charge in [0, 0.05) is 12.6 Å². The molecule has 0 bridgehead atoms. The second-order valence-corrected chi connectivity index (χ2v) is 5.05. The lowest BCUT2D eigenvalue weighted by molar-refractivity contribution is 0.0652. The second-order valence-electron chi connectivity index (χ2n) is 5.05. The highest BCUT2D eigenvalue weighted by Gasteiger charge is 2.20. The molecule has 1 aromatic rings. The molecule has 2 nitrogen and oxygen atoms in total. The van der Waals surface area contributed by atoms with Crippen LogP contribution in [0.4, 0.5) is 0 Å². The highest BCUT2D eigenvalue weighted by molar-refractivity contribution is 5.18. The zero-order valence-electron chi connectivity index (χ0n) is 11.4. The maximum absolute atomic E-state index is 10.3. The number of hydrogen-bond donors (Lipinski definition) is 1. The molecule has 3 atom stereocenters. The molecule has 3 unspecified atom stereocenters. The number of likely N-dealkylation sites (N-methyl/N-ethyl adjacent to an activating group) is 1. The Morgan fingerprint density at radius 2 is 1.76 bits per heavy atom. The Balaban J connectivity index is 2.60. The van der Waals surface area contributed by atoms with Crippen LogP contribution in [0.3, 0.4) is 0 Å². The molecule has 0 saturated heterocycles. The molecular formula is C15H25NO. The van der Waals surface area contributed by atoms with E-state index in [1.165, 1.54) is 6.42 Å². The van der Waals surface area contributed by atoms with E-state index in [0.717, 1.165) is 12.1 Å². The fourth-order valence-corrected chi connectivity index (χ4v) is 1.96. The van der Waals surface area contributed by atoms with E-state index in [9.17, 15) is 5.11 Å². The molecule has 0 aliphatic rings. The normalized spacial score (nSPS) is 16.8. The van der Waals surface area contributed by atoms with Gasteiger partial charge in [-0.05, 0) is 25.5 Å². The van der Waals surface area contributed by atoms with Gasteiger partial charge < -0.3 is 10.0 Å². The third-order valence-corrected chi connectivity index (χ3v) is 3.59. The summed E-state index contributed by atoms with van der Waals surface area (Å²) in [5, 5.41) is 10.3. The average molecular weight is 235 g/mol. The topological polar surface area (TPSA) is 23.5 Å². The first kappa shape index (κ1) is 14.2. The Bertz CT molecular complexity index is 312. The van der Waals surface area contributed by atoms with Crippen molar-refractivity contribution < 1.29 is 5.11 Å². The van der Waals surface area contributed by atoms with Gasteiger partial charge in [0.25, 0.3) is 0 Å². The van der Waals surface area contributed by atoms with Crippen molar-refractivity contribution in [1.82, 2.24) is 4.90 Å². The zero-order chi connectivity index (χ0) is 12.8. The van der Waals surface area contributed by atoms with Gasteiger partial charge in [0.2, 0.25) is 0 Å². The monoisotopic (exact) mass is 235 g/mol. The Morgan fingerprint density at radius 3 is 2.29 bits per heavy atom. The SMILES string of the molecule is CCC(C)CN(C)C(C)C(O)c1ccccc1. The molecule has 0 fully saturated rings. The van der Waals surface area contributed by atoms with Gasteiger partial charge in [0.05, 0.1) is 6.10 Å². The number of rotatable bonds is 6. The largest absolute Gasteiger partial charge is 0.387 e. The Hall–Kier alpha value is -0.860. The van der Waals surface area contributed by atoms with E-state index < -0.39 is 6.10 Å². The number of aliphatic hydroxyl groups excluding tert-OH is 1. The van der Waals surface area contributed by atoms with E-state index in [2.05, 4.69) is 32.7 Å². The number of hydrogen-bond acceptors (Lipinski definition) is 2. The van der Waals surface area contributed by atoms with Crippen LogP contribution in [0.25, 0.3) is 0 Å². The molecule has 0 amide bonds. The molecule has 1 N–H and O–H groups in total. The third kappa shape index (κ3) is 4.14. The summed E-state index contributed by atoms with van der Waals surface area (Å²) < 4.78 is 0. The molecule has 1 aromatic carbocycles. The lowest BCUT2D eigenvalue weighted by atomic mass is 10.0. The standard InChI is InChI=1S/C15H25NO/c1-5-12(2)11-16(4)13(3)15(17)14-9-7-6-8-10-14/h6-10,12-13,15,17H,5,11H2,1-4H3. The predicted octanol–water partition coefficient (Wildman–Crippen LogP) is 3.09. The van der Waals surface area contributed by atoms with Crippen LogP contribution >= 0.6 is 0 Å². The van der Waals surface area contributed by atoms with Crippen molar-refractivity contribution in [1.29, 1.82) is 0 Å². The van der Waals surface area contributed by atoms with Gasteiger partial charge in [-0.15, -0.1) is 0 Å². The smallest absolute Gasteiger partial charge is 0.0942 e. The summed E-state index contributed by atoms with van der Waals surface area (Å²) >= 11 is 0. The molecule has 0 heterocycles. The summed E-state index contributed by atoms with van der Waals surface area (Å²) in [6.07, 6.45) is 0.767. The lowest BCUT2D eigenvalue weighted by Crippen LogP contribution is -2.37. The minimum Gasteiger partial charge on any atom is -0.387 e. The first-order chi connectivity index (χ1) is 8.06. The van der Waals surface area contributed by atoms with E-state index in [4.69, 9.17) is 0 Å². The van der Waals surface area contributed by atoms with Crippen molar-refractivity contribution in [2.45, 2.75) is 39.3 Å².